The molecule has 5 heteroatoms. The molecule has 1 unspecified atom stereocenters. The van der Waals surface area contributed by atoms with Gasteiger partial charge in [0.1, 0.15) is 0 Å². The first-order chi connectivity index (χ1) is 10.0. The van der Waals surface area contributed by atoms with Gasteiger partial charge in [0.05, 0.1) is 18.2 Å². The number of aromatic amines is 1. The smallest absolute Gasteiger partial charge is 0.253 e. The lowest BCUT2D eigenvalue weighted by atomic mass is 10.0. The van der Waals surface area contributed by atoms with Crippen LogP contribution in [-0.2, 0) is 4.74 Å². The third-order valence-corrected chi connectivity index (χ3v) is 3.57. The van der Waals surface area contributed by atoms with Crippen molar-refractivity contribution in [1.82, 2.24) is 10.3 Å². The summed E-state index contributed by atoms with van der Waals surface area (Å²) >= 11 is 0. The number of nitrogens with two attached hydrogens (primary N) is 1. The van der Waals surface area contributed by atoms with Crippen molar-refractivity contribution >= 4 is 22.5 Å². The minimum Gasteiger partial charge on any atom is -0.399 e. The summed E-state index contributed by atoms with van der Waals surface area (Å²) in [5, 5.41) is 3.92. The maximum absolute atomic E-state index is 12.5. The molecule has 0 bridgehead atoms. The van der Waals surface area contributed by atoms with Crippen molar-refractivity contribution in [3.63, 3.8) is 0 Å². The maximum Gasteiger partial charge on any atom is 0.253 e. The van der Waals surface area contributed by atoms with Crippen molar-refractivity contribution in [3.05, 3.63) is 30.0 Å². The summed E-state index contributed by atoms with van der Waals surface area (Å²) in [7, 11) is 0. The molecule has 0 radical (unpaired) electrons. The minimum absolute atomic E-state index is 0.00354. The van der Waals surface area contributed by atoms with Crippen LogP contribution in [0.1, 0.15) is 31.1 Å². The van der Waals surface area contributed by atoms with Crippen LogP contribution in [0.25, 0.3) is 10.9 Å². The van der Waals surface area contributed by atoms with Crippen LogP contribution in [-0.4, -0.2) is 30.1 Å². The average Bonchev–Trinajstić information content (AvgIpc) is 2.85. The maximum atomic E-state index is 12.5. The Balaban J connectivity index is 2.17. The molecule has 0 saturated carbocycles. The molecule has 0 aliphatic carbocycles. The van der Waals surface area contributed by atoms with Crippen LogP contribution in [0.3, 0.4) is 0 Å². The van der Waals surface area contributed by atoms with E-state index >= 15 is 0 Å². The number of carbonyl (C=O) groups excluding carboxylic acids is 1. The van der Waals surface area contributed by atoms with E-state index in [1.165, 1.54) is 0 Å². The summed E-state index contributed by atoms with van der Waals surface area (Å²) in [6.45, 7) is 7.25. The van der Waals surface area contributed by atoms with E-state index in [0.29, 0.717) is 30.4 Å². The van der Waals surface area contributed by atoms with Gasteiger partial charge < -0.3 is 20.8 Å². The molecule has 2 rings (SSSR count). The van der Waals surface area contributed by atoms with Crippen LogP contribution in [0, 0.1) is 5.92 Å². The lowest BCUT2D eigenvalue weighted by Gasteiger charge is -2.22. The molecule has 4 N–H and O–H groups in total. The first kappa shape index (κ1) is 15.4. The second kappa shape index (κ2) is 6.63. The molecular formula is C16H23N3O2. The van der Waals surface area contributed by atoms with Gasteiger partial charge in [0.25, 0.3) is 5.91 Å². The van der Waals surface area contributed by atoms with E-state index in [-0.39, 0.29) is 11.9 Å². The van der Waals surface area contributed by atoms with E-state index < -0.39 is 0 Å². The Morgan fingerprint density at radius 2 is 2.19 bits per heavy atom. The van der Waals surface area contributed by atoms with Crippen molar-refractivity contribution in [2.75, 3.05) is 18.9 Å². The first-order valence-electron chi connectivity index (χ1n) is 7.28. The Kier molecular flexibility index (Phi) is 4.85. The Morgan fingerprint density at radius 1 is 1.43 bits per heavy atom. The molecule has 2 aromatic rings. The third kappa shape index (κ3) is 3.55. The highest BCUT2D eigenvalue weighted by Gasteiger charge is 2.19. The number of nitrogen functional groups attached to an aromatic ring is 1. The van der Waals surface area contributed by atoms with Crippen molar-refractivity contribution in [1.29, 1.82) is 0 Å². The Hall–Kier alpha value is -2.01. The van der Waals surface area contributed by atoms with Gasteiger partial charge in [-0.25, -0.2) is 0 Å². The van der Waals surface area contributed by atoms with Crippen LogP contribution in [0.2, 0.25) is 0 Å². The van der Waals surface area contributed by atoms with Crippen molar-refractivity contribution in [2.45, 2.75) is 26.8 Å². The van der Waals surface area contributed by atoms with Crippen LogP contribution in [0.4, 0.5) is 5.69 Å². The van der Waals surface area contributed by atoms with Gasteiger partial charge in [0.15, 0.2) is 0 Å². The first-order valence-corrected chi connectivity index (χ1v) is 7.28. The molecule has 0 aliphatic rings. The number of anilines is 1. The van der Waals surface area contributed by atoms with Crippen LogP contribution in [0.5, 0.6) is 0 Å². The average molecular weight is 289 g/mol. The summed E-state index contributed by atoms with van der Waals surface area (Å²) in [5.74, 6) is 0.214. The van der Waals surface area contributed by atoms with Gasteiger partial charge in [-0.2, -0.15) is 0 Å². The highest BCUT2D eigenvalue weighted by Crippen LogP contribution is 2.21. The van der Waals surface area contributed by atoms with Gasteiger partial charge >= 0.3 is 0 Å². The van der Waals surface area contributed by atoms with E-state index in [4.69, 9.17) is 10.5 Å². The summed E-state index contributed by atoms with van der Waals surface area (Å²) < 4.78 is 5.44. The van der Waals surface area contributed by atoms with Crippen molar-refractivity contribution in [3.8, 4) is 0 Å². The lowest BCUT2D eigenvalue weighted by molar-refractivity contribution is 0.0807. The molecule has 1 heterocycles. The van der Waals surface area contributed by atoms with E-state index in [9.17, 15) is 4.79 Å². The zero-order chi connectivity index (χ0) is 15.4. The molecule has 0 fully saturated rings. The molecule has 1 aromatic heterocycles. The summed E-state index contributed by atoms with van der Waals surface area (Å²) in [4.78, 5) is 15.5. The molecule has 21 heavy (non-hydrogen) atoms. The van der Waals surface area contributed by atoms with Gasteiger partial charge in [-0.05, 0) is 31.0 Å². The Labute approximate surface area is 124 Å². The molecule has 114 valence electrons. The summed E-state index contributed by atoms with van der Waals surface area (Å²) in [6.07, 6.45) is 1.72. The third-order valence-electron chi connectivity index (χ3n) is 3.57. The van der Waals surface area contributed by atoms with Gasteiger partial charge in [-0.15, -0.1) is 0 Å². The number of hydrogen-bond acceptors (Lipinski definition) is 3. The largest absolute Gasteiger partial charge is 0.399 e. The SMILES string of the molecule is CCOCC(NC(=O)c1c[nH]c2cc(N)ccc12)C(C)C. The number of amides is 1. The number of aromatic nitrogens is 1. The Bertz CT molecular complexity index is 619. The number of benzene rings is 1. The topological polar surface area (TPSA) is 80.1 Å². The van der Waals surface area contributed by atoms with Gasteiger partial charge in [-0.3, -0.25) is 4.79 Å². The van der Waals surface area contributed by atoms with Crippen LogP contribution < -0.4 is 11.1 Å². The molecule has 1 aromatic carbocycles. The quantitative estimate of drug-likeness (QED) is 0.715. The predicted molar refractivity (Wildman–Crippen MR) is 85.3 cm³/mol. The van der Waals surface area contributed by atoms with E-state index in [1.54, 1.807) is 12.3 Å². The number of nitrogens with one attached hydrogen (secondary N) is 2. The Morgan fingerprint density at radius 3 is 2.86 bits per heavy atom. The van der Waals surface area contributed by atoms with Gasteiger partial charge in [0.2, 0.25) is 0 Å². The number of ether oxygens (including phenoxy) is 1. The zero-order valence-electron chi connectivity index (χ0n) is 12.8. The fraction of sp³-hybridized carbons (Fsp3) is 0.438. The van der Waals surface area contributed by atoms with E-state index in [2.05, 4.69) is 24.1 Å². The number of carbonyl (C=O) groups is 1. The molecular weight excluding hydrogens is 266 g/mol. The van der Waals surface area contributed by atoms with Gasteiger partial charge in [-0.1, -0.05) is 13.8 Å². The van der Waals surface area contributed by atoms with Crippen molar-refractivity contribution < 1.29 is 9.53 Å². The van der Waals surface area contributed by atoms with Crippen molar-refractivity contribution in [2.24, 2.45) is 5.92 Å². The second-order valence-corrected chi connectivity index (χ2v) is 5.49. The fourth-order valence-corrected chi connectivity index (χ4v) is 2.22. The predicted octanol–water partition coefficient (Wildman–Crippen LogP) is 2.54. The summed E-state index contributed by atoms with van der Waals surface area (Å²) in [6, 6.07) is 5.48. The van der Waals surface area contributed by atoms with E-state index in [1.807, 2.05) is 19.1 Å². The highest BCUT2D eigenvalue weighted by molar-refractivity contribution is 6.07. The standard InChI is InChI=1S/C16H23N3O2/c1-4-21-9-15(10(2)3)19-16(20)13-8-18-14-7-11(17)5-6-12(13)14/h5-8,10,15,18H,4,9,17H2,1-3H3,(H,19,20). The molecule has 5 nitrogen and oxygen atoms in total. The normalized spacial score (nSPS) is 12.8. The van der Waals surface area contributed by atoms with E-state index in [0.717, 1.165) is 10.9 Å². The highest BCUT2D eigenvalue weighted by atomic mass is 16.5. The number of fused-ring (bicyclic) bond motifs is 1. The zero-order valence-corrected chi connectivity index (χ0v) is 12.8. The number of rotatable bonds is 6. The summed E-state index contributed by atoms with van der Waals surface area (Å²) in [5.41, 5.74) is 7.92. The molecule has 1 amide bonds. The number of hydrogen-bond donors (Lipinski definition) is 3. The monoisotopic (exact) mass is 289 g/mol. The number of H-pyrrole nitrogens is 1. The molecule has 0 spiro atoms. The van der Waals surface area contributed by atoms with Crippen LogP contribution >= 0.6 is 0 Å². The molecule has 1 atom stereocenters. The lowest BCUT2D eigenvalue weighted by Crippen LogP contribution is -2.41. The van der Waals surface area contributed by atoms with Gasteiger partial charge in [0, 0.05) is 29.4 Å². The van der Waals surface area contributed by atoms with Crippen LogP contribution in [0.15, 0.2) is 24.4 Å². The molecule has 0 aliphatic heterocycles. The minimum atomic E-state index is -0.0931. The second-order valence-electron chi connectivity index (χ2n) is 5.49. The molecule has 0 saturated heterocycles. The fourth-order valence-electron chi connectivity index (χ4n) is 2.22.